The number of rotatable bonds is 2. The van der Waals surface area contributed by atoms with Crippen molar-refractivity contribution in [2.75, 3.05) is 0 Å². The smallest absolute Gasteiger partial charge is 0.146 e. The second-order valence-corrected chi connectivity index (χ2v) is 12.3. The molecule has 3 heteroatoms. The van der Waals surface area contributed by atoms with Crippen molar-refractivity contribution in [3.8, 4) is 22.3 Å². The van der Waals surface area contributed by atoms with Gasteiger partial charge in [0.25, 0.3) is 0 Å². The summed E-state index contributed by atoms with van der Waals surface area (Å²) in [6, 6.07) is 46.0. The molecule has 0 radical (unpaired) electrons. The summed E-state index contributed by atoms with van der Waals surface area (Å²) in [6.45, 7) is 0. The van der Waals surface area contributed by atoms with Crippen molar-refractivity contribution in [2.24, 2.45) is 0 Å². The van der Waals surface area contributed by atoms with Crippen LogP contribution in [0.5, 0.6) is 0 Å². The number of hydrogen-bond donors (Lipinski definition) is 0. The predicted molar refractivity (Wildman–Crippen MR) is 182 cm³/mol. The minimum atomic E-state index is 0.841. The third-order valence-corrected chi connectivity index (χ3v) is 10.2. The summed E-state index contributed by atoms with van der Waals surface area (Å²) in [4.78, 5) is 0. The van der Waals surface area contributed by atoms with Gasteiger partial charge in [-0.05, 0) is 74.6 Å². The van der Waals surface area contributed by atoms with Crippen LogP contribution in [0.15, 0.2) is 142 Å². The van der Waals surface area contributed by atoms with Crippen molar-refractivity contribution in [1.29, 1.82) is 0 Å². The molecule has 7 aromatic carbocycles. The van der Waals surface area contributed by atoms with Crippen LogP contribution in [0.2, 0.25) is 0 Å². The highest BCUT2D eigenvalue weighted by Crippen LogP contribution is 2.48. The van der Waals surface area contributed by atoms with E-state index in [4.69, 9.17) is 8.83 Å². The molecule has 0 N–H and O–H groups in total. The lowest BCUT2D eigenvalue weighted by Gasteiger charge is -2.18. The van der Waals surface area contributed by atoms with Crippen LogP contribution in [0, 0.1) is 0 Å². The molecule has 0 aliphatic heterocycles. The lowest BCUT2D eigenvalue weighted by Crippen LogP contribution is -1.91. The van der Waals surface area contributed by atoms with Crippen LogP contribution in [-0.4, -0.2) is 0 Å². The average Bonchev–Trinajstić information content (AvgIpc) is 3.78. The monoisotopic (exact) mass is 566 g/mol. The molecule has 0 amide bonds. The molecular weight excluding hydrogens is 545 g/mol. The van der Waals surface area contributed by atoms with Gasteiger partial charge >= 0.3 is 0 Å². The quantitative estimate of drug-likeness (QED) is 0.195. The lowest BCUT2D eigenvalue weighted by molar-refractivity contribution is 0.615. The van der Waals surface area contributed by atoms with Gasteiger partial charge in [-0.3, -0.25) is 0 Å². The zero-order valence-corrected chi connectivity index (χ0v) is 23.7. The van der Waals surface area contributed by atoms with Crippen LogP contribution in [-0.2, 0) is 0 Å². The SMILES string of the molecule is c1ccc2c(c1)sc1c(-c3c4ccccc4c(-c4ccc5c(c4)oc4c6ccoc6ccc54)c4ccccc34)cccc12. The Bertz CT molecular complexity index is 2680. The summed E-state index contributed by atoms with van der Waals surface area (Å²) in [5.41, 5.74) is 7.55. The second-order valence-electron chi connectivity index (χ2n) is 11.2. The zero-order valence-electron chi connectivity index (χ0n) is 22.9. The maximum absolute atomic E-state index is 6.52. The fourth-order valence-corrected chi connectivity index (χ4v) is 8.33. The Morgan fingerprint density at radius 2 is 1.12 bits per heavy atom. The Morgan fingerprint density at radius 1 is 0.442 bits per heavy atom. The maximum atomic E-state index is 6.52. The Morgan fingerprint density at radius 3 is 1.91 bits per heavy atom. The predicted octanol–water partition coefficient (Wildman–Crippen LogP) is 12.3. The topological polar surface area (TPSA) is 26.3 Å². The van der Waals surface area contributed by atoms with Crippen molar-refractivity contribution in [3.05, 3.63) is 134 Å². The Balaban J connectivity index is 1.30. The fraction of sp³-hybridized carbons (Fsp3) is 0. The van der Waals surface area contributed by atoms with Crippen molar-refractivity contribution in [1.82, 2.24) is 0 Å². The van der Waals surface area contributed by atoms with Crippen LogP contribution >= 0.6 is 11.3 Å². The van der Waals surface area contributed by atoms with Gasteiger partial charge in [-0.1, -0.05) is 91.0 Å². The van der Waals surface area contributed by atoms with Crippen LogP contribution < -0.4 is 0 Å². The fourth-order valence-electron chi connectivity index (χ4n) is 7.11. The van der Waals surface area contributed by atoms with Crippen molar-refractivity contribution < 1.29 is 8.83 Å². The van der Waals surface area contributed by atoms with E-state index in [0.29, 0.717) is 0 Å². The van der Waals surface area contributed by atoms with Crippen molar-refractivity contribution in [2.45, 2.75) is 0 Å². The first kappa shape index (κ1) is 23.2. The summed E-state index contributed by atoms with van der Waals surface area (Å²) in [5, 5.41) is 10.9. The van der Waals surface area contributed by atoms with Gasteiger partial charge in [-0.2, -0.15) is 0 Å². The number of hydrogen-bond acceptors (Lipinski definition) is 3. The third-order valence-electron chi connectivity index (χ3n) is 8.96. The van der Waals surface area contributed by atoms with E-state index in [-0.39, 0.29) is 0 Å². The van der Waals surface area contributed by atoms with E-state index in [9.17, 15) is 0 Å². The molecule has 0 saturated heterocycles. The summed E-state index contributed by atoms with van der Waals surface area (Å²) < 4.78 is 14.8. The first-order chi connectivity index (χ1) is 21.3. The van der Waals surface area contributed by atoms with Gasteiger partial charge in [0.2, 0.25) is 0 Å². The molecule has 43 heavy (non-hydrogen) atoms. The molecule has 0 aliphatic rings. The van der Waals surface area contributed by atoms with Gasteiger partial charge in [-0.25, -0.2) is 0 Å². The molecule has 0 saturated carbocycles. The zero-order chi connectivity index (χ0) is 28.1. The molecule has 10 rings (SSSR count). The summed E-state index contributed by atoms with van der Waals surface area (Å²) in [5.74, 6) is 0. The summed E-state index contributed by atoms with van der Waals surface area (Å²) in [6.07, 6.45) is 1.72. The van der Waals surface area contributed by atoms with Gasteiger partial charge in [0.15, 0.2) is 0 Å². The van der Waals surface area contributed by atoms with E-state index in [1.807, 2.05) is 23.5 Å². The number of benzene rings is 7. The molecular formula is C40H22O2S. The summed E-state index contributed by atoms with van der Waals surface area (Å²) in [7, 11) is 0. The third kappa shape index (κ3) is 3.17. The molecule has 0 aliphatic carbocycles. The maximum Gasteiger partial charge on any atom is 0.146 e. The van der Waals surface area contributed by atoms with E-state index in [1.54, 1.807) is 6.26 Å². The van der Waals surface area contributed by atoms with Gasteiger partial charge in [0.05, 0.1) is 11.6 Å². The molecule has 0 atom stereocenters. The van der Waals surface area contributed by atoms with Gasteiger partial charge < -0.3 is 8.83 Å². The lowest BCUT2D eigenvalue weighted by atomic mass is 9.85. The second kappa shape index (κ2) is 8.57. The molecule has 3 aromatic heterocycles. The first-order valence-corrected chi connectivity index (χ1v) is 15.3. The molecule has 3 heterocycles. The minimum absolute atomic E-state index is 0.841. The number of furan rings is 2. The Labute approximate surface area is 250 Å². The molecule has 0 unspecified atom stereocenters. The van der Waals surface area contributed by atoms with Crippen LogP contribution in [0.25, 0.3) is 96.9 Å². The highest BCUT2D eigenvalue weighted by Gasteiger charge is 2.20. The average molecular weight is 567 g/mol. The molecule has 0 fully saturated rings. The molecule has 2 nitrogen and oxygen atoms in total. The molecule has 0 spiro atoms. The van der Waals surface area contributed by atoms with Crippen LogP contribution in [0.3, 0.4) is 0 Å². The normalized spacial score (nSPS) is 12.2. The standard InChI is InChI=1S/C40H22O2S/c1-3-11-28-26(9-1)37(23-16-17-24-30-18-19-34-32(20-21-41-34)39(30)42-35(24)22-23)27-10-2-4-12-29(27)38(28)33-14-7-13-31-25-8-5-6-15-36(25)43-40(31)33/h1-22H. The van der Waals surface area contributed by atoms with Crippen molar-refractivity contribution >= 4 is 86.0 Å². The van der Waals surface area contributed by atoms with Crippen LogP contribution in [0.4, 0.5) is 0 Å². The highest BCUT2D eigenvalue weighted by molar-refractivity contribution is 7.26. The number of thiophene rings is 1. The highest BCUT2D eigenvalue weighted by atomic mass is 32.1. The van der Waals surface area contributed by atoms with Gasteiger partial charge in [0.1, 0.15) is 16.7 Å². The molecule has 200 valence electrons. The van der Waals surface area contributed by atoms with Crippen molar-refractivity contribution in [3.63, 3.8) is 0 Å². The minimum Gasteiger partial charge on any atom is -0.464 e. The molecule has 0 bridgehead atoms. The van der Waals surface area contributed by atoms with E-state index < -0.39 is 0 Å². The van der Waals surface area contributed by atoms with Crippen LogP contribution in [0.1, 0.15) is 0 Å². The first-order valence-electron chi connectivity index (χ1n) is 14.5. The van der Waals surface area contributed by atoms with E-state index >= 15 is 0 Å². The summed E-state index contributed by atoms with van der Waals surface area (Å²) >= 11 is 1.89. The van der Waals surface area contributed by atoms with E-state index in [0.717, 1.165) is 38.5 Å². The van der Waals surface area contributed by atoms with E-state index in [2.05, 4.69) is 115 Å². The Hall–Kier alpha value is -5.38. The largest absolute Gasteiger partial charge is 0.464 e. The molecule has 10 aromatic rings. The van der Waals surface area contributed by atoms with Gasteiger partial charge in [-0.15, -0.1) is 11.3 Å². The Kier molecular flexibility index (Phi) is 4.63. The van der Waals surface area contributed by atoms with E-state index in [1.165, 1.54) is 58.4 Å². The van der Waals surface area contributed by atoms with Gasteiger partial charge in [0, 0.05) is 36.5 Å². The number of fused-ring (bicyclic) bond motifs is 10.